The van der Waals surface area contributed by atoms with Crippen molar-refractivity contribution in [1.82, 2.24) is 0 Å². The molecular formula is C24H18ClFN2O3. The van der Waals surface area contributed by atoms with Crippen LogP contribution in [0.3, 0.4) is 0 Å². The van der Waals surface area contributed by atoms with E-state index in [1.807, 2.05) is 30.3 Å². The summed E-state index contributed by atoms with van der Waals surface area (Å²) in [5, 5.41) is 2.05. The number of hydrogen-bond acceptors (Lipinski definition) is 4. The zero-order valence-corrected chi connectivity index (χ0v) is 17.3. The van der Waals surface area contributed by atoms with Crippen LogP contribution < -0.4 is 9.96 Å². The maximum Gasteiger partial charge on any atom is 0.266 e. The van der Waals surface area contributed by atoms with Crippen molar-refractivity contribution in [3.8, 4) is 0 Å². The standard InChI is InChI=1S/C24H18ClFN2O3/c1-14-18(25)8-5-9-19(14)27-23(29)20-21(15-10-12-16(26)13-11-15)28(31-22(20)24(27)30)17-6-3-2-4-7-17/h2-13,20-22H,1H3/t20-,21+,22+/m1/s1. The van der Waals surface area contributed by atoms with Gasteiger partial charge in [0.05, 0.1) is 17.4 Å². The second-order valence-electron chi connectivity index (χ2n) is 7.61. The molecule has 5 rings (SSSR count). The molecule has 2 saturated heterocycles. The first kappa shape index (κ1) is 19.7. The highest BCUT2D eigenvalue weighted by Gasteiger charge is 2.60. The molecule has 3 aromatic rings. The van der Waals surface area contributed by atoms with Gasteiger partial charge in [0.15, 0.2) is 6.10 Å². The monoisotopic (exact) mass is 436 g/mol. The molecule has 2 heterocycles. The quantitative estimate of drug-likeness (QED) is 0.551. The fourth-order valence-corrected chi connectivity index (χ4v) is 4.46. The summed E-state index contributed by atoms with van der Waals surface area (Å²) in [4.78, 5) is 34.1. The van der Waals surface area contributed by atoms with Crippen molar-refractivity contribution in [2.45, 2.75) is 19.1 Å². The number of imide groups is 1. The molecule has 0 aromatic heterocycles. The van der Waals surface area contributed by atoms with Gasteiger partial charge in [-0.1, -0.05) is 48.0 Å². The van der Waals surface area contributed by atoms with Gasteiger partial charge in [0, 0.05) is 5.02 Å². The van der Waals surface area contributed by atoms with Crippen LogP contribution in [0.15, 0.2) is 72.8 Å². The van der Waals surface area contributed by atoms with Crippen LogP contribution in [0.1, 0.15) is 17.2 Å². The topological polar surface area (TPSA) is 49.9 Å². The number of anilines is 2. The SMILES string of the molecule is Cc1c(Cl)cccc1N1C(=O)[C@H]2[C@H](ON(c3ccccc3)[C@H]2c2ccc(F)cc2)C1=O. The van der Waals surface area contributed by atoms with Gasteiger partial charge in [-0.15, -0.1) is 0 Å². The third-order valence-electron chi connectivity index (χ3n) is 5.82. The number of rotatable bonds is 3. The number of halogens is 2. The average molecular weight is 437 g/mol. The van der Waals surface area contributed by atoms with E-state index in [2.05, 4.69) is 0 Å². The number of hydroxylamine groups is 1. The molecule has 156 valence electrons. The van der Waals surface area contributed by atoms with Crippen LogP contribution in [0, 0.1) is 18.7 Å². The van der Waals surface area contributed by atoms with Crippen molar-refractivity contribution >= 4 is 34.8 Å². The van der Waals surface area contributed by atoms with Crippen LogP contribution in [0.5, 0.6) is 0 Å². The van der Waals surface area contributed by atoms with Crippen molar-refractivity contribution in [1.29, 1.82) is 0 Å². The predicted molar refractivity (Wildman–Crippen MR) is 115 cm³/mol. The Kier molecular flexibility index (Phi) is 4.76. The Balaban J connectivity index is 1.60. The van der Waals surface area contributed by atoms with Crippen molar-refractivity contribution in [2.24, 2.45) is 5.92 Å². The van der Waals surface area contributed by atoms with E-state index in [0.717, 1.165) is 4.90 Å². The van der Waals surface area contributed by atoms with Gasteiger partial charge in [0.25, 0.3) is 5.91 Å². The number of fused-ring (bicyclic) bond motifs is 1. The molecule has 2 aliphatic rings. The van der Waals surface area contributed by atoms with E-state index in [0.29, 0.717) is 27.5 Å². The Morgan fingerprint density at radius 2 is 1.61 bits per heavy atom. The number of hydrogen-bond donors (Lipinski definition) is 0. The predicted octanol–water partition coefficient (Wildman–Crippen LogP) is 4.84. The lowest BCUT2D eigenvalue weighted by molar-refractivity contribution is -0.126. The minimum absolute atomic E-state index is 0.367. The Morgan fingerprint density at radius 3 is 2.32 bits per heavy atom. The molecule has 0 radical (unpaired) electrons. The molecule has 7 heteroatoms. The molecule has 0 spiro atoms. The first-order chi connectivity index (χ1) is 15.0. The highest BCUT2D eigenvalue weighted by Crippen LogP contribution is 2.48. The van der Waals surface area contributed by atoms with Gasteiger partial charge in [-0.25, -0.2) is 14.4 Å². The molecule has 5 nitrogen and oxygen atoms in total. The van der Waals surface area contributed by atoms with E-state index in [1.54, 1.807) is 42.3 Å². The molecule has 0 N–H and O–H groups in total. The molecule has 0 saturated carbocycles. The Hall–Kier alpha value is -3.22. The summed E-state index contributed by atoms with van der Waals surface area (Å²) in [5.74, 6) is -1.97. The summed E-state index contributed by atoms with van der Waals surface area (Å²) < 4.78 is 13.6. The molecule has 31 heavy (non-hydrogen) atoms. The van der Waals surface area contributed by atoms with Gasteiger partial charge in [-0.3, -0.25) is 14.4 Å². The van der Waals surface area contributed by atoms with Crippen LogP contribution in [-0.2, 0) is 14.4 Å². The minimum atomic E-state index is -0.985. The number of carbonyl (C=O) groups is 2. The van der Waals surface area contributed by atoms with E-state index >= 15 is 0 Å². The summed E-state index contributed by atoms with van der Waals surface area (Å²) in [5.41, 5.74) is 2.48. The minimum Gasteiger partial charge on any atom is -0.273 e. The van der Waals surface area contributed by atoms with Gasteiger partial charge < -0.3 is 0 Å². The highest BCUT2D eigenvalue weighted by atomic mass is 35.5. The largest absolute Gasteiger partial charge is 0.273 e. The smallest absolute Gasteiger partial charge is 0.266 e. The van der Waals surface area contributed by atoms with Gasteiger partial charge in [0.1, 0.15) is 11.7 Å². The molecule has 0 aliphatic carbocycles. The number of carbonyl (C=O) groups excluding carboxylic acids is 2. The number of nitrogens with zero attached hydrogens (tertiary/aromatic N) is 2. The fourth-order valence-electron chi connectivity index (χ4n) is 4.29. The Bertz CT molecular complexity index is 1170. The molecule has 3 atom stereocenters. The number of para-hydroxylation sites is 1. The van der Waals surface area contributed by atoms with Crippen LogP contribution in [-0.4, -0.2) is 17.9 Å². The summed E-state index contributed by atoms with van der Waals surface area (Å²) in [7, 11) is 0. The molecule has 0 bridgehead atoms. The Labute approximate surface area is 183 Å². The van der Waals surface area contributed by atoms with E-state index in [4.69, 9.17) is 16.4 Å². The summed E-state index contributed by atoms with van der Waals surface area (Å²) in [6.07, 6.45) is -0.985. The summed E-state index contributed by atoms with van der Waals surface area (Å²) in [6, 6.07) is 19.7. The molecule has 3 aromatic carbocycles. The molecule has 0 unspecified atom stereocenters. The molecule has 2 amide bonds. The fraction of sp³-hybridized carbons (Fsp3) is 0.167. The Morgan fingerprint density at radius 1 is 0.903 bits per heavy atom. The first-order valence-electron chi connectivity index (χ1n) is 9.87. The molecule has 2 aliphatic heterocycles. The van der Waals surface area contributed by atoms with Crippen LogP contribution in [0.2, 0.25) is 5.02 Å². The zero-order valence-electron chi connectivity index (χ0n) is 16.5. The number of benzene rings is 3. The van der Waals surface area contributed by atoms with Crippen molar-refractivity contribution in [3.63, 3.8) is 0 Å². The van der Waals surface area contributed by atoms with Crippen molar-refractivity contribution < 1.29 is 18.8 Å². The van der Waals surface area contributed by atoms with E-state index in [-0.39, 0.29) is 11.7 Å². The molecular weight excluding hydrogens is 419 g/mol. The number of amides is 2. The maximum atomic E-state index is 13.6. The highest BCUT2D eigenvalue weighted by molar-refractivity contribution is 6.32. The maximum absolute atomic E-state index is 13.6. The lowest BCUT2D eigenvalue weighted by Crippen LogP contribution is -2.37. The van der Waals surface area contributed by atoms with E-state index in [9.17, 15) is 14.0 Å². The van der Waals surface area contributed by atoms with Gasteiger partial charge >= 0.3 is 0 Å². The van der Waals surface area contributed by atoms with Gasteiger partial charge in [-0.2, -0.15) is 0 Å². The second kappa shape index (κ2) is 7.48. The van der Waals surface area contributed by atoms with Gasteiger partial charge in [-0.05, 0) is 54.4 Å². The third kappa shape index (κ3) is 3.10. The summed E-state index contributed by atoms with van der Waals surface area (Å²) in [6.45, 7) is 1.76. The first-order valence-corrected chi connectivity index (χ1v) is 10.2. The molecule has 2 fully saturated rings. The van der Waals surface area contributed by atoms with Crippen LogP contribution in [0.4, 0.5) is 15.8 Å². The van der Waals surface area contributed by atoms with E-state index < -0.39 is 24.0 Å². The van der Waals surface area contributed by atoms with Crippen LogP contribution >= 0.6 is 11.6 Å². The normalized spacial score (nSPS) is 22.9. The van der Waals surface area contributed by atoms with Crippen LogP contribution in [0.25, 0.3) is 0 Å². The van der Waals surface area contributed by atoms with Crippen molar-refractivity contribution in [3.05, 3.63) is 94.8 Å². The average Bonchev–Trinajstić information content (AvgIpc) is 3.28. The third-order valence-corrected chi connectivity index (χ3v) is 6.23. The zero-order chi connectivity index (χ0) is 21.7. The lowest BCUT2D eigenvalue weighted by Gasteiger charge is -2.29. The van der Waals surface area contributed by atoms with Crippen molar-refractivity contribution in [2.75, 3.05) is 9.96 Å². The van der Waals surface area contributed by atoms with E-state index in [1.165, 1.54) is 12.1 Å². The summed E-state index contributed by atoms with van der Waals surface area (Å²) >= 11 is 6.23. The second-order valence-corrected chi connectivity index (χ2v) is 8.01. The van der Waals surface area contributed by atoms with Gasteiger partial charge in [0.2, 0.25) is 5.91 Å². The lowest BCUT2D eigenvalue weighted by atomic mass is 9.90.